The number of hydrogen-bond acceptors (Lipinski definition) is 7. The molecular weight excluding hydrogens is 624 g/mol. The van der Waals surface area contributed by atoms with Crippen molar-refractivity contribution >= 4 is 33.6 Å². The predicted molar refractivity (Wildman–Crippen MR) is 160 cm³/mol. The molecule has 0 atom stereocenters. The molecule has 2 amide bonds. The number of rotatable bonds is 9. The third-order valence-corrected chi connectivity index (χ3v) is 9.98. The number of halogens is 2. The van der Waals surface area contributed by atoms with E-state index in [-0.39, 0.29) is 42.1 Å². The lowest BCUT2D eigenvalue weighted by molar-refractivity contribution is 0.0687. The first-order chi connectivity index (χ1) is 21.9. The van der Waals surface area contributed by atoms with Crippen molar-refractivity contribution in [2.24, 2.45) is 5.73 Å². The van der Waals surface area contributed by atoms with Gasteiger partial charge in [0.2, 0.25) is 15.9 Å². The summed E-state index contributed by atoms with van der Waals surface area (Å²) in [7, 11) is -4.32. The van der Waals surface area contributed by atoms with Crippen molar-refractivity contribution in [2.75, 3.05) is 25.0 Å². The van der Waals surface area contributed by atoms with Crippen molar-refractivity contribution < 1.29 is 36.7 Å². The summed E-state index contributed by atoms with van der Waals surface area (Å²) in [5, 5.41) is 19.3. The maximum absolute atomic E-state index is 13.8. The number of carbonyl (C=O) groups excluding carboxylic acids is 2. The zero-order chi connectivity index (χ0) is 32.7. The van der Waals surface area contributed by atoms with Gasteiger partial charge < -0.3 is 20.7 Å². The molecule has 0 bridgehead atoms. The van der Waals surface area contributed by atoms with Gasteiger partial charge in [0.15, 0.2) is 5.82 Å². The van der Waals surface area contributed by atoms with E-state index in [2.05, 4.69) is 20.4 Å². The van der Waals surface area contributed by atoms with E-state index in [4.69, 9.17) is 5.73 Å². The molecule has 2 aromatic carbocycles. The molecule has 0 unspecified atom stereocenters. The van der Waals surface area contributed by atoms with Crippen molar-refractivity contribution in [3.63, 3.8) is 0 Å². The number of carboxylic acid groups (broad SMARTS) is 1. The Balaban J connectivity index is 1.35. The Bertz CT molecular complexity index is 1960. The number of fused-ring (bicyclic) bond motifs is 1. The number of nitrogens with two attached hydrogens (primary N) is 1. The number of aromatic carboxylic acids is 1. The summed E-state index contributed by atoms with van der Waals surface area (Å²) in [6.07, 6.45) is 3.70. The van der Waals surface area contributed by atoms with E-state index >= 15 is 0 Å². The molecule has 4 aromatic rings. The van der Waals surface area contributed by atoms with Crippen molar-refractivity contribution in [3.05, 3.63) is 93.9 Å². The molecule has 2 aromatic heterocycles. The average Bonchev–Trinajstić information content (AvgIpc) is 3.78. The summed E-state index contributed by atoms with van der Waals surface area (Å²) in [5.41, 5.74) is 7.25. The normalized spacial score (nSPS) is 15.5. The van der Waals surface area contributed by atoms with Crippen LogP contribution >= 0.6 is 0 Å². The van der Waals surface area contributed by atoms with Gasteiger partial charge in [0.1, 0.15) is 17.3 Å². The van der Waals surface area contributed by atoms with Gasteiger partial charge >= 0.3 is 5.97 Å². The molecule has 0 saturated carbocycles. The van der Waals surface area contributed by atoms with Crippen LogP contribution in [0.5, 0.6) is 0 Å². The summed E-state index contributed by atoms with van der Waals surface area (Å²) in [6.45, 7) is 1.74. The average molecular weight is 654 g/mol. The van der Waals surface area contributed by atoms with Crippen LogP contribution in [0.15, 0.2) is 53.6 Å². The number of sulfonamides is 1. The SMILES string of the molecule is NC(=O)c1cc(CN2CCCC2)c(-n2cccc2C(=O)O)cc1C(=O)Nc1n[nH]c2c1CN(S(=O)(=O)c1cc(F)cc(F)c1)CC2. The highest BCUT2D eigenvalue weighted by atomic mass is 32.2. The van der Waals surface area contributed by atoms with Gasteiger partial charge in [-0.15, -0.1) is 0 Å². The summed E-state index contributed by atoms with van der Waals surface area (Å²) < 4.78 is 56.6. The number of H-pyrrole nitrogens is 1. The van der Waals surface area contributed by atoms with Gasteiger partial charge in [-0.05, 0) is 67.9 Å². The summed E-state index contributed by atoms with van der Waals surface area (Å²) in [6, 6.07) is 7.88. The fourth-order valence-electron chi connectivity index (χ4n) is 5.90. The van der Waals surface area contributed by atoms with Crippen molar-refractivity contribution in [2.45, 2.75) is 37.2 Å². The number of aromatic nitrogens is 3. The highest BCUT2D eigenvalue weighted by molar-refractivity contribution is 7.89. The van der Waals surface area contributed by atoms with Crippen molar-refractivity contribution in [1.82, 2.24) is 24.0 Å². The molecule has 13 nitrogen and oxygen atoms in total. The minimum absolute atomic E-state index is 0.0144. The van der Waals surface area contributed by atoms with Gasteiger partial charge in [0.05, 0.1) is 21.7 Å². The lowest BCUT2D eigenvalue weighted by atomic mass is 9.99. The molecular formula is C30H29F2N7O6S. The minimum atomic E-state index is -4.32. The fourth-order valence-corrected chi connectivity index (χ4v) is 7.35. The molecule has 2 aliphatic heterocycles. The number of nitrogens with one attached hydrogen (secondary N) is 2. The summed E-state index contributed by atoms with van der Waals surface area (Å²) >= 11 is 0. The molecule has 1 saturated heterocycles. The van der Waals surface area contributed by atoms with E-state index in [9.17, 15) is 36.7 Å². The predicted octanol–water partition coefficient (Wildman–Crippen LogP) is 2.87. The highest BCUT2D eigenvalue weighted by Crippen LogP contribution is 2.31. The van der Waals surface area contributed by atoms with E-state index in [1.165, 1.54) is 22.8 Å². The summed E-state index contributed by atoms with van der Waals surface area (Å²) in [4.78, 5) is 40.0. The highest BCUT2D eigenvalue weighted by Gasteiger charge is 2.33. The molecule has 16 heteroatoms. The Labute approximate surface area is 261 Å². The number of benzene rings is 2. The van der Waals surface area contributed by atoms with Crippen LogP contribution in [-0.2, 0) is 29.5 Å². The van der Waals surface area contributed by atoms with Gasteiger partial charge in [0.25, 0.3) is 5.91 Å². The third kappa shape index (κ3) is 5.89. The van der Waals surface area contributed by atoms with Gasteiger partial charge in [-0.3, -0.25) is 19.6 Å². The molecule has 46 heavy (non-hydrogen) atoms. The molecule has 6 rings (SSSR count). The molecule has 240 valence electrons. The second-order valence-corrected chi connectivity index (χ2v) is 13.1. The number of hydrogen-bond donors (Lipinski definition) is 4. The largest absolute Gasteiger partial charge is 0.477 e. The number of amides is 2. The van der Waals surface area contributed by atoms with Crippen molar-refractivity contribution in [1.29, 1.82) is 0 Å². The summed E-state index contributed by atoms with van der Waals surface area (Å²) in [5.74, 6) is -4.97. The van der Waals surface area contributed by atoms with Crippen LogP contribution in [0.25, 0.3) is 5.69 Å². The van der Waals surface area contributed by atoms with Crippen LogP contribution in [0.3, 0.4) is 0 Å². The van der Waals surface area contributed by atoms with E-state index in [0.717, 1.165) is 42.4 Å². The van der Waals surface area contributed by atoms with E-state index in [0.29, 0.717) is 35.1 Å². The number of aromatic amines is 1. The number of primary amides is 1. The van der Waals surface area contributed by atoms with Gasteiger partial charge in [0, 0.05) is 49.6 Å². The molecule has 0 radical (unpaired) electrons. The second kappa shape index (κ2) is 12.1. The van der Waals surface area contributed by atoms with Crippen LogP contribution in [0.2, 0.25) is 0 Å². The molecule has 0 aliphatic carbocycles. The zero-order valence-corrected chi connectivity index (χ0v) is 25.1. The molecule has 1 fully saturated rings. The Morgan fingerprint density at radius 1 is 1.02 bits per heavy atom. The Kier molecular flexibility index (Phi) is 8.18. The maximum Gasteiger partial charge on any atom is 0.352 e. The number of carbonyl (C=O) groups is 3. The van der Waals surface area contributed by atoms with Crippen LogP contribution in [0.4, 0.5) is 14.6 Å². The fraction of sp³-hybridized carbons (Fsp3) is 0.267. The monoisotopic (exact) mass is 653 g/mol. The number of anilines is 1. The van der Waals surface area contributed by atoms with Crippen LogP contribution in [0, 0.1) is 11.6 Å². The zero-order valence-electron chi connectivity index (χ0n) is 24.3. The first-order valence-electron chi connectivity index (χ1n) is 14.4. The topological polar surface area (TPSA) is 184 Å². The molecule has 5 N–H and O–H groups in total. The minimum Gasteiger partial charge on any atom is -0.477 e. The molecule has 0 spiro atoms. The molecule has 4 heterocycles. The number of nitrogens with zero attached hydrogens (tertiary/aromatic N) is 4. The van der Waals surface area contributed by atoms with E-state index in [1.807, 2.05) is 0 Å². The van der Waals surface area contributed by atoms with E-state index in [1.54, 1.807) is 12.3 Å². The van der Waals surface area contributed by atoms with E-state index < -0.39 is 44.3 Å². The van der Waals surface area contributed by atoms with Gasteiger partial charge in [-0.1, -0.05) is 0 Å². The second-order valence-electron chi connectivity index (χ2n) is 11.1. The number of likely N-dealkylation sites (tertiary alicyclic amines) is 1. The lowest BCUT2D eigenvalue weighted by Crippen LogP contribution is -2.36. The first kappa shape index (κ1) is 31.1. The van der Waals surface area contributed by atoms with Crippen LogP contribution in [0.1, 0.15) is 60.9 Å². The smallest absolute Gasteiger partial charge is 0.352 e. The van der Waals surface area contributed by atoms with Crippen molar-refractivity contribution in [3.8, 4) is 5.69 Å². The first-order valence-corrected chi connectivity index (χ1v) is 15.8. The molecule has 2 aliphatic rings. The van der Waals surface area contributed by atoms with Gasteiger partial charge in [-0.2, -0.15) is 9.40 Å². The van der Waals surface area contributed by atoms with Gasteiger partial charge in [-0.25, -0.2) is 22.0 Å². The number of carboxylic acids is 1. The standard InChI is InChI=1S/C30H29F2N7O6S/c31-18-11-19(32)13-20(12-18)46(44,45)38-9-5-24-23(16-38)28(36-35-24)34-29(41)22-14-26(39-8-3-4-25(39)30(42)43)17(10-21(22)27(33)40)15-37-6-1-2-7-37/h3-4,8,10-14H,1-2,5-7,9,15-16H2,(H2,33,40)(H,42,43)(H2,34,35,36,41). The van der Waals surface area contributed by atoms with Crippen LogP contribution in [-0.4, -0.2) is 74.9 Å². The lowest BCUT2D eigenvalue weighted by Gasteiger charge is -2.26. The Hall–Kier alpha value is -4.93. The van der Waals surface area contributed by atoms with Crippen LogP contribution < -0.4 is 11.1 Å². The third-order valence-electron chi connectivity index (χ3n) is 8.15. The quantitative estimate of drug-likeness (QED) is 0.213. The Morgan fingerprint density at radius 2 is 1.74 bits per heavy atom. The maximum atomic E-state index is 13.8. The Morgan fingerprint density at radius 3 is 2.41 bits per heavy atom.